The van der Waals surface area contributed by atoms with Crippen LogP contribution in [0.1, 0.15) is 26.2 Å². The second-order valence-corrected chi connectivity index (χ2v) is 5.35. The van der Waals surface area contributed by atoms with Gasteiger partial charge in [-0.1, -0.05) is 13.3 Å². The molecule has 0 radical (unpaired) electrons. The van der Waals surface area contributed by atoms with Crippen LogP contribution in [0.5, 0.6) is 0 Å². The third-order valence-electron chi connectivity index (χ3n) is 3.46. The van der Waals surface area contributed by atoms with Gasteiger partial charge in [0.2, 0.25) is 5.91 Å². The number of rotatable bonds is 9. The zero-order chi connectivity index (χ0) is 16.7. The Morgan fingerprint density at radius 2 is 2.13 bits per heavy atom. The highest BCUT2D eigenvalue weighted by Crippen LogP contribution is 2.02. The monoisotopic (exact) mass is 321 g/mol. The molecular weight excluding hydrogens is 298 g/mol. The zero-order valence-electron chi connectivity index (χ0n) is 13.6. The Morgan fingerprint density at radius 1 is 1.35 bits per heavy atom. The van der Waals surface area contributed by atoms with E-state index in [0.717, 1.165) is 25.9 Å². The first-order valence-electron chi connectivity index (χ1n) is 7.85. The standard InChI is InChI=1S/C15H23N5O3/c1-3-4-7-23-8-5-6-16-13(21)10-20-11-17-14-12(15(20)22)9-18-19(14)2/h9,11H,3-8,10H2,1-2H3,(H,16,21). The summed E-state index contributed by atoms with van der Waals surface area (Å²) in [5, 5.41) is 7.18. The van der Waals surface area contributed by atoms with Gasteiger partial charge in [-0.25, -0.2) is 4.98 Å². The summed E-state index contributed by atoms with van der Waals surface area (Å²) in [5.41, 5.74) is 0.247. The number of carbonyl (C=O) groups is 1. The Hall–Kier alpha value is -2.22. The van der Waals surface area contributed by atoms with Crippen LogP contribution >= 0.6 is 0 Å². The normalized spacial score (nSPS) is 11.0. The summed E-state index contributed by atoms with van der Waals surface area (Å²) in [6, 6.07) is 0. The van der Waals surface area contributed by atoms with E-state index in [2.05, 4.69) is 22.3 Å². The maximum absolute atomic E-state index is 12.2. The Labute approximate surface area is 134 Å². The molecule has 2 heterocycles. The number of fused-ring (bicyclic) bond motifs is 1. The Balaban J connectivity index is 1.79. The van der Waals surface area contributed by atoms with E-state index >= 15 is 0 Å². The molecule has 8 nitrogen and oxygen atoms in total. The molecule has 2 rings (SSSR count). The molecule has 0 spiro atoms. The summed E-state index contributed by atoms with van der Waals surface area (Å²) in [6.07, 6.45) is 5.76. The van der Waals surface area contributed by atoms with Crippen LogP contribution in [0.4, 0.5) is 0 Å². The van der Waals surface area contributed by atoms with Gasteiger partial charge in [-0.15, -0.1) is 0 Å². The minimum atomic E-state index is -0.263. The van der Waals surface area contributed by atoms with Crippen molar-refractivity contribution in [1.29, 1.82) is 0 Å². The van der Waals surface area contributed by atoms with Gasteiger partial charge in [0.1, 0.15) is 18.3 Å². The highest BCUT2D eigenvalue weighted by atomic mass is 16.5. The fourth-order valence-corrected chi connectivity index (χ4v) is 2.14. The summed E-state index contributed by atoms with van der Waals surface area (Å²) < 4.78 is 8.23. The second-order valence-electron chi connectivity index (χ2n) is 5.35. The van der Waals surface area contributed by atoms with E-state index in [0.29, 0.717) is 24.2 Å². The van der Waals surface area contributed by atoms with Crippen molar-refractivity contribution in [2.75, 3.05) is 19.8 Å². The molecule has 0 aromatic carbocycles. The van der Waals surface area contributed by atoms with E-state index in [9.17, 15) is 9.59 Å². The number of ether oxygens (including phenoxy) is 1. The minimum Gasteiger partial charge on any atom is -0.381 e. The molecule has 1 amide bonds. The lowest BCUT2D eigenvalue weighted by Crippen LogP contribution is -2.33. The molecule has 2 aromatic heterocycles. The molecule has 0 saturated carbocycles. The fraction of sp³-hybridized carbons (Fsp3) is 0.600. The highest BCUT2D eigenvalue weighted by Gasteiger charge is 2.10. The SMILES string of the molecule is CCCCOCCCNC(=O)Cn1cnc2c(cnn2C)c1=O. The van der Waals surface area contributed by atoms with Crippen molar-refractivity contribution in [1.82, 2.24) is 24.6 Å². The number of nitrogens with one attached hydrogen (secondary N) is 1. The van der Waals surface area contributed by atoms with Crippen molar-refractivity contribution < 1.29 is 9.53 Å². The summed E-state index contributed by atoms with van der Waals surface area (Å²) in [4.78, 5) is 28.3. The molecule has 126 valence electrons. The first-order valence-corrected chi connectivity index (χ1v) is 7.85. The number of carbonyl (C=O) groups excluding carboxylic acids is 1. The van der Waals surface area contributed by atoms with Gasteiger partial charge in [0.05, 0.1) is 6.20 Å². The smallest absolute Gasteiger partial charge is 0.264 e. The summed E-state index contributed by atoms with van der Waals surface area (Å²) in [7, 11) is 1.72. The number of aryl methyl sites for hydroxylation is 1. The van der Waals surface area contributed by atoms with Gasteiger partial charge in [-0.05, 0) is 12.8 Å². The Kier molecular flexibility index (Phi) is 6.28. The molecule has 1 N–H and O–H groups in total. The quantitative estimate of drug-likeness (QED) is 0.677. The van der Waals surface area contributed by atoms with Crippen LogP contribution in [0.25, 0.3) is 11.0 Å². The Bertz CT molecular complexity index is 707. The van der Waals surface area contributed by atoms with Crippen molar-refractivity contribution in [2.45, 2.75) is 32.7 Å². The number of aromatic nitrogens is 4. The first-order chi connectivity index (χ1) is 11.1. The lowest BCUT2D eigenvalue weighted by Gasteiger charge is -2.07. The second kappa shape index (κ2) is 8.42. The molecule has 0 aliphatic rings. The van der Waals surface area contributed by atoms with Gasteiger partial charge in [-0.3, -0.25) is 18.8 Å². The molecule has 0 aliphatic carbocycles. The molecule has 8 heteroatoms. The van der Waals surface area contributed by atoms with Crippen molar-refractivity contribution in [2.24, 2.45) is 7.05 Å². The predicted molar refractivity (Wildman–Crippen MR) is 86.1 cm³/mol. The average molecular weight is 321 g/mol. The van der Waals surface area contributed by atoms with Crippen molar-refractivity contribution in [3.63, 3.8) is 0 Å². The van der Waals surface area contributed by atoms with E-state index in [1.54, 1.807) is 7.05 Å². The fourth-order valence-electron chi connectivity index (χ4n) is 2.14. The van der Waals surface area contributed by atoms with Gasteiger partial charge in [0, 0.05) is 26.8 Å². The Morgan fingerprint density at radius 3 is 2.91 bits per heavy atom. The largest absolute Gasteiger partial charge is 0.381 e. The topological polar surface area (TPSA) is 91.0 Å². The first kappa shape index (κ1) is 17.1. The van der Waals surface area contributed by atoms with E-state index in [1.165, 1.54) is 21.8 Å². The number of nitrogens with zero attached hydrogens (tertiary/aromatic N) is 4. The molecule has 2 aromatic rings. The summed E-state index contributed by atoms with van der Waals surface area (Å²) in [5.74, 6) is -0.217. The van der Waals surface area contributed by atoms with Gasteiger partial charge in [0.25, 0.3) is 5.56 Å². The third kappa shape index (κ3) is 4.62. The maximum Gasteiger partial charge on any atom is 0.264 e. The lowest BCUT2D eigenvalue weighted by molar-refractivity contribution is -0.121. The van der Waals surface area contributed by atoms with Crippen LogP contribution in [-0.2, 0) is 23.1 Å². The van der Waals surface area contributed by atoms with Crippen LogP contribution < -0.4 is 10.9 Å². The van der Waals surface area contributed by atoms with E-state index in [4.69, 9.17) is 4.74 Å². The summed E-state index contributed by atoms with van der Waals surface area (Å²) >= 11 is 0. The number of unbranched alkanes of at least 4 members (excludes halogenated alkanes) is 1. The maximum atomic E-state index is 12.2. The van der Waals surface area contributed by atoms with Crippen LogP contribution in [0.15, 0.2) is 17.3 Å². The zero-order valence-corrected chi connectivity index (χ0v) is 13.6. The third-order valence-corrected chi connectivity index (χ3v) is 3.46. The molecule has 0 saturated heterocycles. The number of hydrogen-bond acceptors (Lipinski definition) is 5. The predicted octanol–water partition coefficient (Wildman–Crippen LogP) is 0.453. The van der Waals surface area contributed by atoms with Crippen LogP contribution in [0.2, 0.25) is 0 Å². The van der Waals surface area contributed by atoms with Gasteiger partial charge in [-0.2, -0.15) is 5.10 Å². The van der Waals surface area contributed by atoms with Gasteiger partial charge < -0.3 is 10.1 Å². The van der Waals surface area contributed by atoms with Crippen LogP contribution in [0, 0.1) is 0 Å². The van der Waals surface area contributed by atoms with Gasteiger partial charge >= 0.3 is 0 Å². The molecule has 0 atom stereocenters. The van der Waals surface area contributed by atoms with E-state index in [-0.39, 0.29) is 18.0 Å². The van der Waals surface area contributed by atoms with E-state index in [1.807, 2.05) is 0 Å². The highest BCUT2D eigenvalue weighted by molar-refractivity contribution is 5.77. The van der Waals surface area contributed by atoms with Crippen molar-refractivity contribution in [3.8, 4) is 0 Å². The van der Waals surface area contributed by atoms with Gasteiger partial charge in [0.15, 0.2) is 5.65 Å². The molecule has 0 fully saturated rings. The molecule has 0 aliphatic heterocycles. The molecule has 23 heavy (non-hydrogen) atoms. The van der Waals surface area contributed by atoms with Crippen molar-refractivity contribution in [3.05, 3.63) is 22.9 Å². The van der Waals surface area contributed by atoms with Crippen LogP contribution in [-0.4, -0.2) is 45.0 Å². The molecule has 0 bridgehead atoms. The molecular formula is C15H23N5O3. The lowest BCUT2D eigenvalue weighted by atomic mass is 10.3. The minimum absolute atomic E-state index is 0.0483. The summed E-state index contributed by atoms with van der Waals surface area (Å²) in [6.45, 7) is 3.99. The van der Waals surface area contributed by atoms with Crippen molar-refractivity contribution >= 4 is 16.9 Å². The van der Waals surface area contributed by atoms with Crippen LogP contribution in [0.3, 0.4) is 0 Å². The number of hydrogen-bond donors (Lipinski definition) is 1. The average Bonchev–Trinajstić information content (AvgIpc) is 2.91. The molecule has 0 unspecified atom stereocenters. The van der Waals surface area contributed by atoms with E-state index < -0.39 is 0 Å². The number of amides is 1.